The fourth-order valence-electron chi connectivity index (χ4n) is 6.63. The topological polar surface area (TPSA) is 60.9 Å². The van der Waals surface area contributed by atoms with Gasteiger partial charge in [0.2, 0.25) is 0 Å². The van der Waals surface area contributed by atoms with E-state index in [1.807, 2.05) is 0 Å². The Kier molecular flexibility index (Phi) is 4.28. The van der Waals surface area contributed by atoms with Gasteiger partial charge in [0, 0.05) is 6.54 Å². The lowest BCUT2D eigenvalue weighted by atomic mass is 9.52. The highest BCUT2D eigenvalue weighted by Crippen LogP contribution is 2.58. The van der Waals surface area contributed by atoms with E-state index in [0.717, 1.165) is 29.7 Å². The van der Waals surface area contributed by atoms with Crippen LogP contribution in [0.3, 0.4) is 0 Å². The molecule has 0 aromatic heterocycles. The molecule has 6 rings (SSSR count). The summed E-state index contributed by atoms with van der Waals surface area (Å²) in [4.78, 5) is 42.9. The molecule has 4 bridgehead atoms. The van der Waals surface area contributed by atoms with E-state index in [-0.39, 0.29) is 12.5 Å². The van der Waals surface area contributed by atoms with Gasteiger partial charge in [0.05, 0.1) is 12.2 Å². The lowest BCUT2D eigenvalue weighted by molar-refractivity contribution is -0.150. The SMILES string of the molecule is CN(Cc1cccc(F)c1)CN1C(=O)C(=O)N(C23CC4CC(CC(C4)C2)C3)C1=O. The molecule has 5 aliphatic rings. The Hall–Kier alpha value is -2.28. The Morgan fingerprint density at radius 1 is 1.03 bits per heavy atom. The zero-order valence-corrected chi connectivity index (χ0v) is 16.6. The van der Waals surface area contributed by atoms with Crippen molar-refractivity contribution in [1.82, 2.24) is 14.7 Å². The van der Waals surface area contributed by atoms with Crippen molar-refractivity contribution in [2.45, 2.75) is 50.6 Å². The van der Waals surface area contributed by atoms with Crippen molar-refractivity contribution >= 4 is 17.8 Å². The Morgan fingerprint density at radius 2 is 1.66 bits per heavy atom. The summed E-state index contributed by atoms with van der Waals surface area (Å²) in [5, 5.41) is 0. The number of rotatable bonds is 5. The number of carbonyl (C=O) groups is 3. The van der Waals surface area contributed by atoms with Gasteiger partial charge in [0.25, 0.3) is 0 Å². The van der Waals surface area contributed by atoms with Gasteiger partial charge in [-0.2, -0.15) is 0 Å². The van der Waals surface area contributed by atoms with Crippen molar-refractivity contribution in [2.24, 2.45) is 17.8 Å². The fourth-order valence-corrected chi connectivity index (χ4v) is 6.63. The number of hydrogen-bond acceptors (Lipinski definition) is 4. The van der Waals surface area contributed by atoms with Gasteiger partial charge in [0.1, 0.15) is 5.82 Å². The summed E-state index contributed by atoms with van der Waals surface area (Å²) < 4.78 is 13.4. The minimum absolute atomic E-state index is 0.0167. The van der Waals surface area contributed by atoms with E-state index in [0.29, 0.717) is 24.3 Å². The van der Waals surface area contributed by atoms with E-state index in [2.05, 4.69) is 0 Å². The highest BCUT2D eigenvalue weighted by molar-refractivity contribution is 6.44. The van der Waals surface area contributed by atoms with E-state index in [9.17, 15) is 18.8 Å². The predicted molar refractivity (Wildman–Crippen MR) is 103 cm³/mol. The first-order valence-electron chi connectivity index (χ1n) is 10.5. The van der Waals surface area contributed by atoms with Gasteiger partial charge in [0.15, 0.2) is 0 Å². The Morgan fingerprint density at radius 3 is 2.24 bits per heavy atom. The molecule has 29 heavy (non-hydrogen) atoms. The number of nitrogens with zero attached hydrogens (tertiary/aromatic N) is 3. The maximum absolute atomic E-state index is 13.4. The third-order valence-electron chi connectivity index (χ3n) is 7.26. The molecular weight excluding hydrogens is 373 g/mol. The first-order valence-corrected chi connectivity index (χ1v) is 10.5. The summed E-state index contributed by atoms with van der Waals surface area (Å²) in [6, 6.07) is 5.74. The minimum Gasteiger partial charge on any atom is -0.284 e. The molecule has 1 saturated heterocycles. The van der Waals surface area contributed by atoms with Crippen LogP contribution in [0, 0.1) is 23.6 Å². The van der Waals surface area contributed by atoms with Crippen molar-refractivity contribution < 1.29 is 18.8 Å². The largest absolute Gasteiger partial charge is 0.335 e. The highest BCUT2D eigenvalue weighted by Gasteiger charge is 2.61. The Labute approximate surface area is 169 Å². The van der Waals surface area contributed by atoms with Gasteiger partial charge in [-0.3, -0.25) is 14.5 Å². The number of imide groups is 2. The molecule has 0 atom stereocenters. The van der Waals surface area contributed by atoms with Crippen LogP contribution < -0.4 is 0 Å². The average molecular weight is 399 g/mol. The summed E-state index contributed by atoms with van der Waals surface area (Å²) in [7, 11) is 1.75. The molecule has 4 amide bonds. The standard InChI is InChI=1S/C22H26FN3O3/c1-24(12-14-3-2-4-18(23)8-14)13-25-19(27)20(28)26(21(25)29)22-9-15-5-16(10-22)7-17(6-15)11-22/h2-4,8,15-17H,5-7,9-13H2,1H3. The molecule has 4 aliphatic carbocycles. The summed E-state index contributed by atoms with van der Waals surface area (Å²) in [5.41, 5.74) is 0.282. The van der Waals surface area contributed by atoms with Gasteiger partial charge in [-0.25, -0.2) is 19.0 Å². The molecule has 0 unspecified atom stereocenters. The maximum Gasteiger partial charge on any atom is 0.335 e. The first kappa shape index (κ1) is 18.7. The van der Waals surface area contributed by atoms with Crippen LogP contribution in [0.2, 0.25) is 0 Å². The lowest BCUT2D eigenvalue weighted by Crippen LogP contribution is -2.62. The molecule has 1 aromatic rings. The molecule has 0 N–H and O–H groups in total. The number of carbonyl (C=O) groups excluding carboxylic acids is 3. The summed E-state index contributed by atoms with van der Waals surface area (Å²) >= 11 is 0. The molecule has 1 heterocycles. The van der Waals surface area contributed by atoms with Crippen molar-refractivity contribution in [3.05, 3.63) is 35.6 Å². The molecule has 4 saturated carbocycles. The lowest BCUT2D eigenvalue weighted by Gasteiger charge is -2.58. The second-order valence-corrected chi connectivity index (χ2v) is 9.58. The number of amides is 4. The van der Waals surface area contributed by atoms with Crippen molar-refractivity contribution in [1.29, 1.82) is 0 Å². The van der Waals surface area contributed by atoms with Crippen molar-refractivity contribution in [2.75, 3.05) is 13.7 Å². The molecule has 154 valence electrons. The minimum atomic E-state index is -0.739. The molecule has 7 heteroatoms. The molecule has 0 spiro atoms. The fraction of sp³-hybridized carbons (Fsp3) is 0.591. The molecule has 5 fully saturated rings. The first-order chi connectivity index (χ1) is 13.8. The second kappa shape index (κ2) is 6.62. The van der Waals surface area contributed by atoms with Crippen molar-refractivity contribution in [3.8, 4) is 0 Å². The third kappa shape index (κ3) is 3.06. The van der Waals surface area contributed by atoms with E-state index in [1.165, 1.54) is 36.3 Å². The van der Waals surface area contributed by atoms with Gasteiger partial charge in [-0.05, 0) is 81.0 Å². The maximum atomic E-state index is 13.4. The molecule has 0 radical (unpaired) electrons. The highest BCUT2D eigenvalue weighted by atomic mass is 19.1. The van der Waals surface area contributed by atoms with E-state index >= 15 is 0 Å². The molecular formula is C22H26FN3O3. The normalized spacial score (nSPS) is 33.5. The van der Waals surface area contributed by atoms with Crippen LogP contribution in [-0.2, 0) is 16.1 Å². The molecule has 6 nitrogen and oxygen atoms in total. The number of benzene rings is 1. The quantitative estimate of drug-likeness (QED) is 0.564. The summed E-state index contributed by atoms with van der Waals surface area (Å²) in [5.74, 6) is -0.0229. The average Bonchev–Trinajstić information content (AvgIpc) is 2.84. The van der Waals surface area contributed by atoms with Gasteiger partial charge < -0.3 is 0 Å². The number of halogens is 1. The Balaban J connectivity index is 1.33. The number of hydrogen-bond donors (Lipinski definition) is 0. The van der Waals surface area contributed by atoms with Gasteiger partial charge in [-0.1, -0.05) is 12.1 Å². The van der Waals surface area contributed by atoms with E-state index < -0.39 is 23.4 Å². The van der Waals surface area contributed by atoms with Gasteiger partial charge in [-0.15, -0.1) is 0 Å². The molecule has 1 aliphatic heterocycles. The van der Waals surface area contributed by atoms with E-state index in [4.69, 9.17) is 0 Å². The zero-order valence-electron chi connectivity index (χ0n) is 16.6. The van der Waals surface area contributed by atoms with Crippen molar-refractivity contribution in [3.63, 3.8) is 0 Å². The van der Waals surface area contributed by atoms with Crippen LogP contribution in [0.4, 0.5) is 9.18 Å². The van der Waals surface area contributed by atoms with Crippen LogP contribution >= 0.6 is 0 Å². The van der Waals surface area contributed by atoms with Crippen LogP contribution in [0.5, 0.6) is 0 Å². The third-order valence-corrected chi connectivity index (χ3v) is 7.26. The zero-order chi connectivity index (χ0) is 20.3. The smallest absolute Gasteiger partial charge is 0.284 e. The van der Waals surface area contributed by atoms with E-state index in [1.54, 1.807) is 24.1 Å². The monoisotopic (exact) mass is 399 g/mol. The van der Waals surface area contributed by atoms with Crippen LogP contribution in [-0.4, -0.2) is 51.8 Å². The van der Waals surface area contributed by atoms with Gasteiger partial charge >= 0.3 is 17.8 Å². The molecule has 1 aromatic carbocycles. The summed E-state index contributed by atoms with van der Waals surface area (Å²) in [6.07, 6.45) is 6.13. The number of urea groups is 1. The Bertz CT molecular complexity index is 851. The predicted octanol–water partition coefficient (Wildman–Crippen LogP) is 2.97. The summed E-state index contributed by atoms with van der Waals surface area (Å²) in [6.45, 7) is 0.392. The van der Waals surface area contributed by atoms with Crippen LogP contribution in [0.1, 0.15) is 44.1 Å². The van der Waals surface area contributed by atoms with Crippen LogP contribution in [0.15, 0.2) is 24.3 Å². The second-order valence-electron chi connectivity index (χ2n) is 9.58. The van der Waals surface area contributed by atoms with Crippen LogP contribution in [0.25, 0.3) is 0 Å².